The summed E-state index contributed by atoms with van der Waals surface area (Å²) in [7, 11) is 0. The SMILES string of the molecule is CCOC(=O)[C@H]1CCCN(C(=O)N[C@@]2(C(F)(F)F)Oc3ccc(Cl)cc3O2)C1. The van der Waals surface area contributed by atoms with Gasteiger partial charge in [-0.2, -0.15) is 13.2 Å². The molecule has 1 saturated heterocycles. The first-order valence-corrected chi connectivity index (χ1v) is 9.01. The molecule has 0 radical (unpaired) electrons. The largest absolute Gasteiger partial charge is 0.492 e. The fraction of sp³-hybridized carbons (Fsp3) is 0.529. The summed E-state index contributed by atoms with van der Waals surface area (Å²) in [5.74, 6) is -4.91. The van der Waals surface area contributed by atoms with Crippen LogP contribution in [0.15, 0.2) is 18.2 Å². The van der Waals surface area contributed by atoms with E-state index in [0.29, 0.717) is 12.8 Å². The molecule has 2 heterocycles. The second-order valence-corrected chi connectivity index (χ2v) is 6.81. The Balaban J connectivity index is 1.76. The molecule has 0 spiro atoms. The Morgan fingerprint density at radius 2 is 2.07 bits per heavy atom. The molecule has 11 heteroatoms. The molecule has 2 aliphatic heterocycles. The lowest BCUT2D eigenvalue weighted by molar-refractivity contribution is -0.318. The van der Waals surface area contributed by atoms with Gasteiger partial charge >= 0.3 is 24.1 Å². The van der Waals surface area contributed by atoms with Gasteiger partial charge in [0.05, 0.1) is 12.5 Å². The molecule has 0 aromatic heterocycles. The van der Waals surface area contributed by atoms with Crippen molar-refractivity contribution >= 4 is 23.6 Å². The summed E-state index contributed by atoms with van der Waals surface area (Å²) >= 11 is 5.77. The van der Waals surface area contributed by atoms with Crippen molar-refractivity contribution in [2.45, 2.75) is 31.9 Å². The van der Waals surface area contributed by atoms with E-state index in [1.807, 2.05) is 0 Å². The number of rotatable bonds is 3. The van der Waals surface area contributed by atoms with Crippen molar-refractivity contribution in [1.82, 2.24) is 10.2 Å². The van der Waals surface area contributed by atoms with Gasteiger partial charge in [-0.3, -0.25) is 10.1 Å². The summed E-state index contributed by atoms with van der Waals surface area (Å²) in [4.78, 5) is 25.5. The van der Waals surface area contributed by atoms with Crippen molar-refractivity contribution in [1.29, 1.82) is 0 Å². The highest BCUT2D eigenvalue weighted by atomic mass is 35.5. The van der Waals surface area contributed by atoms with E-state index in [9.17, 15) is 22.8 Å². The maximum atomic E-state index is 13.7. The molecule has 7 nitrogen and oxygen atoms in total. The van der Waals surface area contributed by atoms with Crippen LogP contribution in [0.5, 0.6) is 11.5 Å². The zero-order chi connectivity index (χ0) is 20.5. The minimum Gasteiger partial charge on any atom is -0.466 e. The van der Waals surface area contributed by atoms with Crippen LogP contribution in [-0.4, -0.2) is 48.7 Å². The molecule has 154 valence electrons. The van der Waals surface area contributed by atoms with Crippen molar-refractivity contribution in [2.75, 3.05) is 19.7 Å². The minimum absolute atomic E-state index is 0.0582. The van der Waals surface area contributed by atoms with Gasteiger partial charge in [-0.05, 0) is 31.9 Å². The van der Waals surface area contributed by atoms with Crippen molar-refractivity contribution < 1.29 is 37.0 Å². The Kier molecular flexibility index (Phi) is 5.51. The van der Waals surface area contributed by atoms with Crippen LogP contribution < -0.4 is 14.8 Å². The van der Waals surface area contributed by atoms with Crippen LogP contribution in [0.2, 0.25) is 5.02 Å². The second-order valence-electron chi connectivity index (χ2n) is 6.38. The van der Waals surface area contributed by atoms with Gasteiger partial charge in [0.1, 0.15) is 0 Å². The van der Waals surface area contributed by atoms with Gasteiger partial charge in [-0.15, -0.1) is 0 Å². The molecular weight excluding hydrogens is 405 g/mol. The Morgan fingerprint density at radius 3 is 2.75 bits per heavy atom. The lowest BCUT2D eigenvalue weighted by Gasteiger charge is -2.35. The molecule has 0 bridgehead atoms. The normalized spacial score (nSPS) is 24.0. The van der Waals surface area contributed by atoms with Gasteiger partial charge in [-0.25, -0.2) is 4.79 Å². The predicted octanol–water partition coefficient (Wildman–Crippen LogP) is 3.31. The Labute approximate surface area is 163 Å². The first-order chi connectivity index (χ1) is 13.1. The van der Waals surface area contributed by atoms with E-state index in [1.165, 1.54) is 12.1 Å². The molecule has 2 atom stereocenters. The highest BCUT2D eigenvalue weighted by Crippen LogP contribution is 2.46. The van der Waals surface area contributed by atoms with Crippen LogP contribution in [0.3, 0.4) is 0 Å². The Bertz CT molecular complexity index is 776. The highest BCUT2D eigenvalue weighted by molar-refractivity contribution is 6.30. The number of nitrogens with one attached hydrogen (secondary N) is 1. The number of hydrogen-bond donors (Lipinski definition) is 1. The number of carbonyl (C=O) groups excluding carboxylic acids is 2. The molecule has 1 N–H and O–H groups in total. The molecule has 2 aliphatic rings. The first-order valence-electron chi connectivity index (χ1n) is 8.63. The van der Waals surface area contributed by atoms with Gasteiger partial charge < -0.3 is 19.1 Å². The van der Waals surface area contributed by atoms with Crippen LogP contribution >= 0.6 is 11.6 Å². The van der Waals surface area contributed by atoms with Crippen LogP contribution in [0.1, 0.15) is 19.8 Å². The summed E-state index contributed by atoms with van der Waals surface area (Å²) in [5.41, 5.74) is 0. The fourth-order valence-corrected chi connectivity index (χ4v) is 3.21. The smallest absolute Gasteiger partial charge is 0.466 e. The number of esters is 1. The number of alkyl halides is 3. The van der Waals surface area contributed by atoms with Crippen molar-refractivity contribution in [3.63, 3.8) is 0 Å². The van der Waals surface area contributed by atoms with E-state index < -0.39 is 30.0 Å². The summed E-state index contributed by atoms with van der Waals surface area (Å²) in [6, 6.07) is 2.65. The standard InChI is InChI=1S/C17H18ClF3N2O5/c1-2-26-14(24)10-4-3-7-23(9-10)15(25)22-17(16(19,20)21)27-12-6-5-11(18)8-13(12)28-17/h5-6,8,10H,2-4,7,9H2,1H3,(H,22,25)/t10-,17-/m0/s1. The number of fused-ring (bicyclic) bond motifs is 1. The average molecular weight is 423 g/mol. The highest BCUT2D eigenvalue weighted by Gasteiger charge is 2.66. The third-order valence-electron chi connectivity index (χ3n) is 4.39. The topological polar surface area (TPSA) is 77.1 Å². The predicted molar refractivity (Wildman–Crippen MR) is 91.0 cm³/mol. The number of amides is 2. The van der Waals surface area contributed by atoms with E-state index in [0.717, 1.165) is 11.0 Å². The maximum absolute atomic E-state index is 13.7. The summed E-state index contributed by atoms with van der Waals surface area (Å²) in [6.07, 6.45) is -4.14. The third kappa shape index (κ3) is 3.91. The molecule has 28 heavy (non-hydrogen) atoms. The number of hydrogen-bond acceptors (Lipinski definition) is 5. The molecule has 2 amide bonds. The quantitative estimate of drug-likeness (QED) is 0.756. The summed E-state index contributed by atoms with van der Waals surface area (Å²) in [5, 5.41) is 1.94. The number of piperidine rings is 1. The van der Waals surface area contributed by atoms with E-state index in [1.54, 1.807) is 12.2 Å². The number of carbonyl (C=O) groups is 2. The Hall–Kier alpha value is -2.36. The summed E-state index contributed by atoms with van der Waals surface area (Å²) < 4.78 is 56.0. The molecule has 3 rings (SSSR count). The average Bonchev–Trinajstić information content (AvgIpc) is 3.00. The van der Waals surface area contributed by atoms with Gasteiger partial charge in [0.25, 0.3) is 0 Å². The molecule has 0 unspecified atom stereocenters. The summed E-state index contributed by atoms with van der Waals surface area (Å²) in [6.45, 7) is 1.96. The number of nitrogens with zero attached hydrogens (tertiary/aromatic N) is 1. The van der Waals surface area contributed by atoms with E-state index in [4.69, 9.17) is 25.8 Å². The van der Waals surface area contributed by atoms with Gasteiger partial charge in [0, 0.05) is 24.2 Å². The maximum Gasteiger partial charge on any atom is 0.492 e. The zero-order valence-electron chi connectivity index (χ0n) is 14.8. The van der Waals surface area contributed by atoms with Crippen molar-refractivity contribution in [3.8, 4) is 11.5 Å². The van der Waals surface area contributed by atoms with Gasteiger partial charge in [0.15, 0.2) is 11.5 Å². The van der Waals surface area contributed by atoms with Crippen molar-refractivity contribution in [3.05, 3.63) is 23.2 Å². The Morgan fingerprint density at radius 1 is 1.36 bits per heavy atom. The number of likely N-dealkylation sites (tertiary alicyclic amines) is 1. The van der Waals surface area contributed by atoms with Gasteiger partial charge in [-0.1, -0.05) is 11.6 Å². The molecule has 1 aromatic rings. The number of benzene rings is 1. The molecule has 1 fully saturated rings. The molecule has 1 aromatic carbocycles. The van der Waals surface area contributed by atoms with Crippen LogP contribution in [0, 0.1) is 5.92 Å². The van der Waals surface area contributed by atoms with E-state index in [-0.39, 0.29) is 36.2 Å². The van der Waals surface area contributed by atoms with Crippen LogP contribution in [-0.2, 0) is 9.53 Å². The number of halogens is 4. The van der Waals surface area contributed by atoms with Crippen LogP contribution in [0.4, 0.5) is 18.0 Å². The third-order valence-corrected chi connectivity index (χ3v) is 4.62. The van der Waals surface area contributed by atoms with Crippen LogP contribution in [0.25, 0.3) is 0 Å². The first kappa shape index (κ1) is 20.4. The lowest BCUT2D eigenvalue weighted by atomic mass is 9.98. The lowest BCUT2D eigenvalue weighted by Crippen LogP contribution is -2.67. The molecular formula is C17H18ClF3N2O5. The number of urea groups is 1. The van der Waals surface area contributed by atoms with Crippen molar-refractivity contribution in [2.24, 2.45) is 5.92 Å². The minimum atomic E-state index is -5.08. The zero-order valence-corrected chi connectivity index (χ0v) is 15.6. The van der Waals surface area contributed by atoms with E-state index >= 15 is 0 Å². The fourth-order valence-electron chi connectivity index (χ4n) is 3.05. The van der Waals surface area contributed by atoms with Gasteiger partial charge in [0.2, 0.25) is 0 Å². The second kappa shape index (κ2) is 7.57. The molecule has 0 saturated carbocycles. The number of ether oxygens (including phenoxy) is 3. The monoisotopic (exact) mass is 422 g/mol. The van der Waals surface area contributed by atoms with E-state index in [2.05, 4.69) is 0 Å². The molecule has 0 aliphatic carbocycles.